The van der Waals surface area contributed by atoms with Gasteiger partial charge in [-0.25, -0.2) is 14.6 Å². The number of nitrogens with zero attached hydrogens (tertiary/aromatic N) is 4. The minimum Gasteiger partial charge on any atom is -0.458 e. The number of hydrogen-bond acceptors (Lipinski definition) is 6. The van der Waals surface area contributed by atoms with Crippen LogP contribution in [0.1, 0.15) is 16.1 Å². The highest BCUT2D eigenvalue weighted by Crippen LogP contribution is 2.25. The summed E-state index contributed by atoms with van der Waals surface area (Å²) in [5.41, 5.74) is 1.01. The largest absolute Gasteiger partial charge is 0.458 e. The number of benzene rings is 1. The molecule has 3 heterocycles. The highest BCUT2D eigenvalue weighted by Gasteiger charge is 2.19. The molecule has 0 aliphatic rings. The Bertz CT molecular complexity index is 1340. The van der Waals surface area contributed by atoms with Gasteiger partial charge in [-0.1, -0.05) is 18.2 Å². The summed E-state index contributed by atoms with van der Waals surface area (Å²) in [4.78, 5) is 40.9. The Kier molecular flexibility index (Phi) is 4.14. The van der Waals surface area contributed by atoms with Crippen LogP contribution in [0.2, 0.25) is 0 Å². The van der Waals surface area contributed by atoms with Crippen LogP contribution in [0.5, 0.6) is 0 Å². The van der Waals surface area contributed by atoms with Crippen LogP contribution in [0, 0.1) is 6.92 Å². The highest BCUT2D eigenvalue weighted by molar-refractivity contribution is 5.95. The normalized spacial score (nSPS) is 11.4. The number of para-hydroxylation sites is 1. The smallest absolute Gasteiger partial charge is 0.374 e. The first-order chi connectivity index (χ1) is 13.4. The average Bonchev–Trinajstić information content (AvgIpc) is 3.26. The summed E-state index contributed by atoms with van der Waals surface area (Å²) in [7, 11) is 2.96. The maximum Gasteiger partial charge on any atom is 0.374 e. The number of esters is 1. The van der Waals surface area contributed by atoms with Crippen LogP contribution in [0.3, 0.4) is 0 Å². The van der Waals surface area contributed by atoms with E-state index in [-0.39, 0.29) is 30.1 Å². The predicted octanol–water partition coefficient (Wildman–Crippen LogP) is 1.35. The molecule has 0 saturated carbocycles. The molecule has 0 N–H and O–H groups in total. The molecule has 144 valence electrons. The Morgan fingerprint density at radius 2 is 1.93 bits per heavy atom. The van der Waals surface area contributed by atoms with Crippen LogP contribution in [0.4, 0.5) is 0 Å². The molecular formula is C19H18N4O5. The summed E-state index contributed by atoms with van der Waals surface area (Å²) in [5, 5.41) is 0.861. The van der Waals surface area contributed by atoms with Gasteiger partial charge in [-0.2, -0.15) is 0 Å². The maximum atomic E-state index is 12.4. The van der Waals surface area contributed by atoms with E-state index in [1.165, 1.54) is 17.9 Å². The minimum atomic E-state index is -0.571. The van der Waals surface area contributed by atoms with E-state index in [1.54, 1.807) is 24.6 Å². The maximum absolute atomic E-state index is 12.4. The lowest BCUT2D eigenvalue weighted by Crippen LogP contribution is -2.37. The molecule has 0 radical (unpaired) electrons. The van der Waals surface area contributed by atoms with Crippen molar-refractivity contribution in [1.29, 1.82) is 0 Å². The number of ether oxygens (including phenoxy) is 1. The van der Waals surface area contributed by atoms with E-state index in [4.69, 9.17) is 9.15 Å². The van der Waals surface area contributed by atoms with E-state index >= 15 is 0 Å². The number of furan rings is 1. The number of aromatic nitrogens is 4. The summed E-state index contributed by atoms with van der Waals surface area (Å²) in [6.45, 7) is 2.04. The predicted molar refractivity (Wildman–Crippen MR) is 101 cm³/mol. The van der Waals surface area contributed by atoms with E-state index in [9.17, 15) is 14.4 Å². The van der Waals surface area contributed by atoms with E-state index < -0.39 is 17.2 Å². The zero-order chi connectivity index (χ0) is 20.0. The number of carbonyl (C=O) groups is 1. The molecule has 9 nitrogen and oxygen atoms in total. The Balaban J connectivity index is 1.55. The molecule has 0 bridgehead atoms. The molecular weight excluding hydrogens is 364 g/mol. The molecule has 4 aromatic rings. The first kappa shape index (κ1) is 17.8. The van der Waals surface area contributed by atoms with Crippen LogP contribution in [-0.4, -0.2) is 31.3 Å². The van der Waals surface area contributed by atoms with Crippen molar-refractivity contribution < 1.29 is 13.9 Å². The molecule has 0 unspecified atom stereocenters. The molecule has 0 spiro atoms. The van der Waals surface area contributed by atoms with Gasteiger partial charge in [0.1, 0.15) is 12.2 Å². The summed E-state index contributed by atoms with van der Waals surface area (Å²) in [5.74, 6) is -0.409. The van der Waals surface area contributed by atoms with Crippen LogP contribution in [-0.2, 0) is 25.4 Å². The summed E-state index contributed by atoms with van der Waals surface area (Å²) < 4.78 is 14.8. The first-order valence-corrected chi connectivity index (χ1v) is 8.66. The molecule has 0 aliphatic heterocycles. The lowest BCUT2D eigenvalue weighted by atomic mass is 10.1. The standard InChI is InChI=1S/C19H18N4O5/c1-11-12-6-4-5-7-13(12)28-15(11)18(25)27-9-8-23-10-20-16-14(23)17(24)22(3)19(26)21(16)2/h4-7,10H,8-9H2,1-3H3. The fourth-order valence-electron chi connectivity index (χ4n) is 3.24. The number of rotatable bonds is 4. The molecule has 0 amide bonds. The third-order valence-electron chi connectivity index (χ3n) is 4.81. The molecule has 0 saturated heterocycles. The second kappa shape index (κ2) is 6.52. The van der Waals surface area contributed by atoms with Gasteiger partial charge in [-0.3, -0.25) is 13.9 Å². The molecule has 0 fully saturated rings. The molecule has 4 rings (SSSR count). The third-order valence-corrected chi connectivity index (χ3v) is 4.81. The Hall–Kier alpha value is -3.62. The van der Waals surface area contributed by atoms with Gasteiger partial charge in [0.15, 0.2) is 11.2 Å². The molecule has 3 aromatic heterocycles. The summed E-state index contributed by atoms with van der Waals surface area (Å²) in [6, 6.07) is 7.37. The Morgan fingerprint density at radius 1 is 1.18 bits per heavy atom. The van der Waals surface area contributed by atoms with Crippen LogP contribution in [0.25, 0.3) is 22.1 Å². The van der Waals surface area contributed by atoms with Crippen molar-refractivity contribution in [2.24, 2.45) is 14.1 Å². The second-order valence-electron chi connectivity index (χ2n) is 6.50. The molecule has 0 atom stereocenters. The lowest BCUT2D eigenvalue weighted by Gasteiger charge is -2.07. The van der Waals surface area contributed by atoms with Gasteiger partial charge >= 0.3 is 11.7 Å². The second-order valence-corrected chi connectivity index (χ2v) is 6.50. The van der Waals surface area contributed by atoms with Crippen molar-refractivity contribution in [2.75, 3.05) is 6.61 Å². The fraction of sp³-hybridized carbons (Fsp3) is 0.263. The molecule has 0 aliphatic carbocycles. The van der Waals surface area contributed by atoms with Gasteiger partial charge in [0.2, 0.25) is 5.76 Å². The van der Waals surface area contributed by atoms with Gasteiger partial charge in [-0.15, -0.1) is 0 Å². The first-order valence-electron chi connectivity index (χ1n) is 8.66. The van der Waals surface area contributed by atoms with Gasteiger partial charge in [0.25, 0.3) is 5.56 Å². The number of aryl methyl sites for hydroxylation is 2. The average molecular weight is 382 g/mol. The summed E-state index contributed by atoms with van der Waals surface area (Å²) >= 11 is 0. The van der Waals surface area contributed by atoms with Gasteiger partial charge in [0, 0.05) is 25.0 Å². The van der Waals surface area contributed by atoms with Crippen LogP contribution in [0.15, 0.2) is 44.6 Å². The van der Waals surface area contributed by atoms with Gasteiger partial charge in [0.05, 0.1) is 12.9 Å². The van der Waals surface area contributed by atoms with E-state index in [0.29, 0.717) is 5.58 Å². The lowest BCUT2D eigenvalue weighted by molar-refractivity contribution is 0.0457. The van der Waals surface area contributed by atoms with Gasteiger partial charge in [-0.05, 0) is 13.0 Å². The van der Waals surface area contributed by atoms with E-state index in [0.717, 1.165) is 15.5 Å². The molecule has 1 aromatic carbocycles. The minimum absolute atomic E-state index is 0.0206. The number of hydrogen-bond donors (Lipinski definition) is 0. The van der Waals surface area contributed by atoms with E-state index in [2.05, 4.69) is 4.98 Å². The van der Waals surface area contributed by atoms with Crippen molar-refractivity contribution in [1.82, 2.24) is 18.7 Å². The Morgan fingerprint density at radius 3 is 2.68 bits per heavy atom. The zero-order valence-electron chi connectivity index (χ0n) is 15.6. The Labute approximate surface area is 158 Å². The van der Waals surface area contributed by atoms with Crippen molar-refractivity contribution in [2.45, 2.75) is 13.5 Å². The molecule has 28 heavy (non-hydrogen) atoms. The van der Waals surface area contributed by atoms with Crippen molar-refractivity contribution in [3.8, 4) is 0 Å². The quantitative estimate of drug-likeness (QED) is 0.494. The SMILES string of the molecule is Cc1c(C(=O)OCCn2cnc3c2c(=O)n(C)c(=O)n3C)oc2ccccc12. The molecule has 9 heteroatoms. The van der Waals surface area contributed by atoms with Gasteiger partial charge < -0.3 is 13.7 Å². The third kappa shape index (κ3) is 2.63. The highest BCUT2D eigenvalue weighted by atomic mass is 16.5. The van der Waals surface area contributed by atoms with Crippen molar-refractivity contribution >= 4 is 28.1 Å². The number of fused-ring (bicyclic) bond motifs is 2. The monoisotopic (exact) mass is 382 g/mol. The number of imidazole rings is 1. The van der Waals surface area contributed by atoms with E-state index in [1.807, 2.05) is 18.2 Å². The zero-order valence-corrected chi connectivity index (χ0v) is 15.6. The topological polar surface area (TPSA) is 101 Å². The number of carbonyl (C=O) groups excluding carboxylic acids is 1. The van der Waals surface area contributed by atoms with Crippen LogP contribution >= 0.6 is 0 Å². The fourth-order valence-corrected chi connectivity index (χ4v) is 3.24. The summed E-state index contributed by atoms with van der Waals surface area (Å²) in [6.07, 6.45) is 1.45. The van der Waals surface area contributed by atoms with Crippen molar-refractivity contribution in [3.63, 3.8) is 0 Å². The van der Waals surface area contributed by atoms with Crippen LogP contribution < -0.4 is 11.2 Å². The van der Waals surface area contributed by atoms with Crippen molar-refractivity contribution in [3.05, 3.63) is 62.8 Å².